The summed E-state index contributed by atoms with van der Waals surface area (Å²) in [6.07, 6.45) is 0.0520. The van der Waals surface area contributed by atoms with Crippen molar-refractivity contribution in [1.82, 2.24) is 10.6 Å². The number of carbonyl (C=O) groups excluding carboxylic acids is 3. The second-order valence-corrected chi connectivity index (χ2v) is 9.42. The largest absolute Gasteiger partial charge is 0.460 e. The van der Waals surface area contributed by atoms with Gasteiger partial charge in [-0.25, -0.2) is 4.79 Å². The summed E-state index contributed by atoms with van der Waals surface area (Å²) in [5, 5.41) is 5.49. The lowest BCUT2D eigenvalue weighted by molar-refractivity contribution is -0.155. The number of carbonyl (C=O) groups is 3. The Kier molecular flexibility index (Phi) is 9.33. The Morgan fingerprint density at radius 2 is 1.47 bits per heavy atom. The second kappa shape index (κ2) is 11.0. The van der Waals surface area contributed by atoms with Crippen molar-refractivity contribution in [3.8, 4) is 0 Å². The zero-order valence-electron chi connectivity index (χ0n) is 19.2. The first kappa shape index (κ1) is 25.5. The molecule has 0 spiro atoms. The molecule has 30 heavy (non-hydrogen) atoms. The third-order valence-corrected chi connectivity index (χ3v) is 3.84. The number of hydrogen-bond acceptors (Lipinski definition) is 5. The molecule has 0 saturated heterocycles. The van der Waals surface area contributed by atoms with E-state index in [1.165, 1.54) is 0 Å². The number of alkyl carbamates (subject to hydrolysis) is 1. The summed E-state index contributed by atoms with van der Waals surface area (Å²) in [6, 6.07) is 8.73. The number of amides is 2. The van der Waals surface area contributed by atoms with Crippen LogP contribution in [0.1, 0.15) is 66.9 Å². The van der Waals surface area contributed by atoms with Crippen LogP contribution in [0.4, 0.5) is 4.79 Å². The highest BCUT2D eigenvalue weighted by Crippen LogP contribution is 2.12. The van der Waals surface area contributed by atoms with Crippen LogP contribution in [0.5, 0.6) is 0 Å². The lowest BCUT2D eigenvalue weighted by atomic mass is 10.1. The van der Waals surface area contributed by atoms with E-state index in [1.54, 1.807) is 41.5 Å². The Labute approximate surface area is 179 Å². The monoisotopic (exact) mass is 420 g/mol. The van der Waals surface area contributed by atoms with Crippen LogP contribution >= 0.6 is 0 Å². The molecule has 0 radical (unpaired) electrons. The van der Waals surface area contributed by atoms with Gasteiger partial charge >= 0.3 is 12.1 Å². The van der Waals surface area contributed by atoms with Crippen molar-refractivity contribution in [3.63, 3.8) is 0 Å². The van der Waals surface area contributed by atoms with E-state index >= 15 is 0 Å². The molecule has 2 amide bonds. The zero-order chi connectivity index (χ0) is 22.9. The maximum atomic E-state index is 12.8. The fourth-order valence-corrected chi connectivity index (χ4v) is 2.74. The fraction of sp³-hybridized carbons (Fsp3) is 0.609. The van der Waals surface area contributed by atoms with Crippen LogP contribution in [-0.2, 0) is 25.5 Å². The van der Waals surface area contributed by atoms with Gasteiger partial charge in [-0.05, 0) is 66.9 Å². The van der Waals surface area contributed by atoms with Crippen molar-refractivity contribution >= 4 is 18.0 Å². The Morgan fingerprint density at radius 1 is 0.900 bits per heavy atom. The second-order valence-electron chi connectivity index (χ2n) is 9.42. The fourth-order valence-electron chi connectivity index (χ4n) is 2.74. The van der Waals surface area contributed by atoms with Crippen LogP contribution in [0.3, 0.4) is 0 Å². The predicted molar refractivity (Wildman–Crippen MR) is 116 cm³/mol. The highest BCUT2D eigenvalue weighted by atomic mass is 16.6. The van der Waals surface area contributed by atoms with Gasteiger partial charge in [0.15, 0.2) is 0 Å². The summed E-state index contributed by atoms with van der Waals surface area (Å²) >= 11 is 0. The smallest absolute Gasteiger partial charge is 0.408 e. The minimum absolute atomic E-state index is 0.00177. The number of nitrogens with one attached hydrogen (secondary N) is 2. The molecule has 0 heterocycles. The van der Waals surface area contributed by atoms with Gasteiger partial charge in [-0.2, -0.15) is 0 Å². The van der Waals surface area contributed by atoms with E-state index < -0.39 is 29.3 Å². The van der Waals surface area contributed by atoms with E-state index in [1.807, 2.05) is 37.3 Å². The average molecular weight is 421 g/mol. The SMILES string of the molecule is C[C@@H](Cc1ccccc1)NC(=O)[C@@H](CCC(=O)OC(C)(C)C)NC(=O)OC(C)(C)C. The van der Waals surface area contributed by atoms with Gasteiger partial charge in [0.1, 0.15) is 17.2 Å². The molecule has 0 saturated carbocycles. The van der Waals surface area contributed by atoms with E-state index in [4.69, 9.17) is 9.47 Å². The van der Waals surface area contributed by atoms with Gasteiger partial charge < -0.3 is 20.1 Å². The molecule has 1 aromatic carbocycles. The molecule has 0 aliphatic carbocycles. The summed E-state index contributed by atoms with van der Waals surface area (Å²) in [5.74, 6) is -0.795. The molecule has 1 rings (SSSR count). The predicted octanol–water partition coefficient (Wildman–Crippen LogP) is 3.75. The van der Waals surface area contributed by atoms with E-state index in [-0.39, 0.29) is 24.8 Å². The van der Waals surface area contributed by atoms with Gasteiger partial charge in [0, 0.05) is 12.5 Å². The van der Waals surface area contributed by atoms with Gasteiger partial charge in [-0.3, -0.25) is 9.59 Å². The molecule has 168 valence electrons. The van der Waals surface area contributed by atoms with E-state index in [9.17, 15) is 14.4 Å². The van der Waals surface area contributed by atoms with Crippen LogP contribution < -0.4 is 10.6 Å². The van der Waals surface area contributed by atoms with Crippen molar-refractivity contribution in [3.05, 3.63) is 35.9 Å². The first-order chi connectivity index (χ1) is 13.7. The van der Waals surface area contributed by atoms with E-state index in [2.05, 4.69) is 10.6 Å². The van der Waals surface area contributed by atoms with Crippen LogP contribution in [0.2, 0.25) is 0 Å². The molecule has 2 N–H and O–H groups in total. The van der Waals surface area contributed by atoms with Crippen molar-refractivity contribution < 1.29 is 23.9 Å². The summed E-state index contributed by atoms with van der Waals surface area (Å²) in [5.41, 5.74) is -0.218. The molecule has 0 aliphatic heterocycles. The topological polar surface area (TPSA) is 93.7 Å². The summed E-state index contributed by atoms with van der Waals surface area (Å²) < 4.78 is 10.6. The normalized spacial score (nSPS) is 13.7. The lowest BCUT2D eigenvalue weighted by Gasteiger charge is -2.25. The van der Waals surface area contributed by atoms with Gasteiger partial charge in [-0.1, -0.05) is 30.3 Å². The standard InChI is InChI=1S/C23H36N2O5/c1-16(15-17-11-9-8-10-12-17)24-20(27)18(25-21(28)30-23(5,6)7)13-14-19(26)29-22(2,3)4/h8-12,16,18H,13-15H2,1-7H3,(H,24,27)(H,25,28)/t16-,18+/m0/s1. The van der Waals surface area contributed by atoms with Crippen molar-refractivity contribution in [2.75, 3.05) is 0 Å². The molecule has 0 fully saturated rings. The molecular weight excluding hydrogens is 384 g/mol. The average Bonchev–Trinajstić information content (AvgIpc) is 2.56. The van der Waals surface area contributed by atoms with Crippen LogP contribution in [0, 0.1) is 0 Å². The molecular formula is C23H36N2O5. The molecule has 7 heteroatoms. The number of esters is 1. The molecule has 1 aromatic rings. The summed E-state index contributed by atoms with van der Waals surface area (Å²) in [4.78, 5) is 37.1. The number of rotatable bonds is 8. The van der Waals surface area contributed by atoms with E-state index in [0.717, 1.165) is 5.56 Å². The van der Waals surface area contributed by atoms with Crippen LogP contribution in [0.25, 0.3) is 0 Å². The summed E-state index contributed by atoms with van der Waals surface area (Å²) in [7, 11) is 0. The van der Waals surface area contributed by atoms with Gasteiger partial charge in [-0.15, -0.1) is 0 Å². The maximum absolute atomic E-state index is 12.8. The Morgan fingerprint density at radius 3 is 2.00 bits per heavy atom. The molecule has 0 unspecified atom stereocenters. The third-order valence-electron chi connectivity index (χ3n) is 3.84. The molecule has 0 aromatic heterocycles. The Hall–Kier alpha value is -2.57. The number of ether oxygens (including phenoxy) is 2. The van der Waals surface area contributed by atoms with E-state index in [0.29, 0.717) is 6.42 Å². The van der Waals surface area contributed by atoms with Gasteiger partial charge in [0.2, 0.25) is 5.91 Å². The molecule has 7 nitrogen and oxygen atoms in total. The molecule has 2 atom stereocenters. The zero-order valence-corrected chi connectivity index (χ0v) is 19.2. The van der Waals surface area contributed by atoms with Crippen LogP contribution in [0.15, 0.2) is 30.3 Å². The summed E-state index contributed by atoms with van der Waals surface area (Å²) in [6.45, 7) is 12.4. The minimum Gasteiger partial charge on any atom is -0.460 e. The van der Waals surface area contributed by atoms with Crippen molar-refractivity contribution in [2.24, 2.45) is 0 Å². The number of hydrogen-bond donors (Lipinski definition) is 2. The maximum Gasteiger partial charge on any atom is 0.408 e. The Balaban J connectivity index is 2.75. The van der Waals surface area contributed by atoms with Gasteiger partial charge in [0.05, 0.1) is 0 Å². The molecule has 0 bridgehead atoms. The van der Waals surface area contributed by atoms with Crippen molar-refractivity contribution in [2.45, 2.75) is 91.0 Å². The number of benzene rings is 1. The highest BCUT2D eigenvalue weighted by molar-refractivity contribution is 5.86. The first-order valence-electron chi connectivity index (χ1n) is 10.3. The molecule has 0 aliphatic rings. The van der Waals surface area contributed by atoms with Crippen molar-refractivity contribution in [1.29, 1.82) is 0 Å². The third kappa shape index (κ3) is 11.4. The van der Waals surface area contributed by atoms with Crippen LogP contribution in [-0.4, -0.2) is 41.3 Å². The Bertz CT molecular complexity index is 705. The minimum atomic E-state index is -0.911. The quantitative estimate of drug-likeness (QED) is 0.625. The van der Waals surface area contributed by atoms with Gasteiger partial charge in [0.25, 0.3) is 0 Å². The lowest BCUT2D eigenvalue weighted by Crippen LogP contribution is -2.50. The first-order valence-corrected chi connectivity index (χ1v) is 10.3. The highest BCUT2D eigenvalue weighted by Gasteiger charge is 2.27.